The van der Waals surface area contributed by atoms with Gasteiger partial charge in [0.15, 0.2) is 6.10 Å². The first kappa shape index (κ1) is 21.6. The van der Waals surface area contributed by atoms with Crippen molar-refractivity contribution in [3.05, 3.63) is 58.7 Å². The van der Waals surface area contributed by atoms with Crippen molar-refractivity contribution in [2.24, 2.45) is 0 Å². The largest absolute Gasteiger partial charge is 0.449 e. The SMILES string of the molecule is CNS(=O)(=O)c1cccc(C(=O)O[C@@H](C)C(=O)Nc2c(C)cc(C)cc2C)c1. The number of amides is 1. The topological polar surface area (TPSA) is 102 Å². The number of ether oxygens (including phenoxy) is 1. The van der Waals surface area contributed by atoms with E-state index in [-0.39, 0.29) is 10.5 Å². The monoisotopic (exact) mass is 404 g/mol. The van der Waals surface area contributed by atoms with Crippen LogP contribution in [-0.2, 0) is 19.6 Å². The molecule has 0 aliphatic rings. The van der Waals surface area contributed by atoms with Crippen LogP contribution in [0.4, 0.5) is 5.69 Å². The van der Waals surface area contributed by atoms with Crippen LogP contribution in [0.3, 0.4) is 0 Å². The second-order valence-electron chi connectivity index (χ2n) is 6.55. The Labute approximate surface area is 165 Å². The molecule has 0 saturated carbocycles. The number of benzene rings is 2. The summed E-state index contributed by atoms with van der Waals surface area (Å²) >= 11 is 0. The molecule has 0 aliphatic heterocycles. The van der Waals surface area contributed by atoms with E-state index in [0.29, 0.717) is 5.69 Å². The summed E-state index contributed by atoms with van der Waals surface area (Å²) in [5.74, 6) is -1.25. The molecule has 0 aliphatic carbocycles. The lowest BCUT2D eigenvalue weighted by Gasteiger charge is -2.17. The van der Waals surface area contributed by atoms with Gasteiger partial charge in [0.25, 0.3) is 5.91 Å². The summed E-state index contributed by atoms with van der Waals surface area (Å²) < 4.78 is 31.1. The van der Waals surface area contributed by atoms with Gasteiger partial charge in [-0.1, -0.05) is 23.8 Å². The highest BCUT2D eigenvalue weighted by molar-refractivity contribution is 7.89. The zero-order valence-electron chi connectivity index (χ0n) is 16.5. The Bertz CT molecular complexity index is 992. The molecule has 1 atom stereocenters. The maximum Gasteiger partial charge on any atom is 0.338 e. The van der Waals surface area contributed by atoms with E-state index in [1.54, 1.807) is 0 Å². The van der Waals surface area contributed by atoms with E-state index >= 15 is 0 Å². The Kier molecular flexibility index (Phi) is 6.58. The van der Waals surface area contributed by atoms with Gasteiger partial charge >= 0.3 is 5.97 Å². The number of hydrogen-bond donors (Lipinski definition) is 2. The van der Waals surface area contributed by atoms with E-state index in [4.69, 9.17) is 4.74 Å². The molecule has 2 aromatic carbocycles. The van der Waals surface area contributed by atoms with Crippen LogP contribution in [0.5, 0.6) is 0 Å². The van der Waals surface area contributed by atoms with Gasteiger partial charge in [-0.2, -0.15) is 0 Å². The average Bonchev–Trinajstić information content (AvgIpc) is 2.64. The maximum absolute atomic E-state index is 12.4. The lowest BCUT2D eigenvalue weighted by atomic mass is 10.0. The van der Waals surface area contributed by atoms with Crippen molar-refractivity contribution < 1.29 is 22.7 Å². The molecule has 28 heavy (non-hydrogen) atoms. The molecule has 0 saturated heterocycles. The third-order valence-corrected chi connectivity index (χ3v) is 5.64. The fraction of sp³-hybridized carbons (Fsp3) is 0.300. The predicted octanol–water partition coefficient (Wildman–Crippen LogP) is 2.70. The summed E-state index contributed by atoms with van der Waals surface area (Å²) in [6, 6.07) is 9.33. The molecule has 150 valence electrons. The molecule has 0 heterocycles. The number of rotatable bonds is 6. The Morgan fingerprint density at radius 1 is 1.04 bits per heavy atom. The molecule has 1 amide bonds. The Morgan fingerprint density at radius 3 is 2.21 bits per heavy atom. The van der Waals surface area contributed by atoms with Gasteiger partial charge in [0.2, 0.25) is 10.0 Å². The van der Waals surface area contributed by atoms with Crippen LogP contribution in [0.25, 0.3) is 0 Å². The zero-order chi connectivity index (χ0) is 21.1. The molecule has 7 nitrogen and oxygen atoms in total. The van der Waals surface area contributed by atoms with Gasteiger partial charge in [0.1, 0.15) is 0 Å². The standard InChI is InChI=1S/C20H24N2O5S/c1-12-9-13(2)18(14(3)10-12)22-19(23)15(4)27-20(24)16-7-6-8-17(11-16)28(25,26)21-5/h6-11,15,21H,1-5H3,(H,22,23)/t15-/m0/s1. The van der Waals surface area contributed by atoms with Crippen LogP contribution in [0.15, 0.2) is 41.3 Å². The molecule has 2 N–H and O–H groups in total. The average molecular weight is 404 g/mol. The highest BCUT2D eigenvalue weighted by atomic mass is 32.2. The second-order valence-corrected chi connectivity index (χ2v) is 8.43. The summed E-state index contributed by atoms with van der Waals surface area (Å²) in [5, 5.41) is 2.79. The lowest BCUT2D eigenvalue weighted by Crippen LogP contribution is -2.30. The highest BCUT2D eigenvalue weighted by Crippen LogP contribution is 2.22. The third kappa shape index (κ3) is 4.96. The lowest BCUT2D eigenvalue weighted by molar-refractivity contribution is -0.123. The summed E-state index contributed by atoms with van der Waals surface area (Å²) in [6.07, 6.45) is -1.06. The quantitative estimate of drug-likeness (QED) is 0.721. The van der Waals surface area contributed by atoms with Crippen LogP contribution in [0, 0.1) is 20.8 Å². The van der Waals surface area contributed by atoms with Crippen LogP contribution in [0.2, 0.25) is 0 Å². The van der Waals surface area contributed by atoms with Crippen LogP contribution >= 0.6 is 0 Å². The third-order valence-electron chi connectivity index (χ3n) is 4.23. The maximum atomic E-state index is 12.4. The van der Waals surface area contributed by atoms with Gasteiger partial charge < -0.3 is 10.1 Å². The van der Waals surface area contributed by atoms with Crippen molar-refractivity contribution in [2.45, 2.75) is 38.7 Å². The number of carbonyl (C=O) groups excluding carboxylic acids is 2. The van der Waals surface area contributed by atoms with E-state index < -0.39 is 28.0 Å². The van der Waals surface area contributed by atoms with E-state index in [9.17, 15) is 18.0 Å². The molecule has 0 unspecified atom stereocenters. The minimum absolute atomic E-state index is 0.0404. The molecule has 0 radical (unpaired) electrons. The molecule has 2 rings (SSSR count). The van der Waals surface area contributed by atoms with Gasteiger partial charge in [0, 0.05) is 5.69 Å². The summed E-state index contributed by atoms with van der Waals surface area (Å²) in [4.78, 5) is 24.7. The number of aryl methyl sites for hydroxylation is 3. The molecule has 0 bridgehead atoms. The molecular weight excluding hydrogens is 380 g/mol. The van der Waals surface area contributed by atoms with Gasteiger partial charge in [0.05, 0.1) is 10.5 Å². The van der Waals surface area contributed by atoms with Crippen LogP contribution in [0.1, 0.15) is 34.0 Å². The van der Waals surface area contributed by atoms with E-state index in [1.165, 1.54) is 38.2 Å². The van der Waals surface area contributed by atoms with Gasteiger partial charge in [-0.15, -0.1) is 0 Å². The van der Waals surface area contributed by atoms with E-state index in [0.717, 1.165) is 16.7 Å². The second kappa shape index (κ2) is 8.53. The van der Waals surface area contributed by atoms with E-state index in [2.05, 4.69) is 10.0 Å². The minimum atomic E-state index is -3.69. The molecule has 0 fully saturated rings. The van der Waals surface area contributed by atoms with Crippen molar-refractivity contribution in [1.82, 2.24) is 4.72 Å². The van der Waals surface area contributed by atoms with Crippen molar-refractivity contribution >= 4 is 27.6 Å². The smallest absolute Gasteiger partial charge is 0.338 e. The van der Waals surface area contributed by atoms with Crippen molar-refractivity contribution in [2.75, 3.05) is 12.4 Å². The number of anilines is 1. The summed E-state index contributed by atoms with van der Waals surface area (Å²) in [5.41, 5.74) is 3.63. The molecule has 2 aromatic rings. The van der Waals surface area contributed by atoms with Crippen LogP contribution in [-0.4, -0.2) is 33.4 Å². The fourth-order valence-corrected chi connectivity index (χ4v) is 3.57. The summed E-state index contributed by atoms with van der Waals surface area (Å²) in [6.45, 7) is 7.21. The zero-order valence-corrected chi connectivity index (χ0v) is 17.3. The summed E-state index contributed by atoms with van der Waals surface area (Å²) in [7, 11) is -2.41. The highest BCUT2D eigenvalue weighted by Gasteiger charge is 2.21. The first-order chi connectivity index (χ1) is 13.0. The number of sulfonamides is 1. The minimum Gasteiger partial charge on any atom is -0.449 e. The number of nitrogens with one attached hydrogen (secondary N) is 2. The predicted molar refractivity (Wildman–Crippen MR) is 107 cm³/mol. The van der Waals surface area contributed by atoms with Gasteiger partial charge in [-0.3, -0.25) is 4.79 Å². The normalized spacial score (nSPS) is 12.3. The van der Waals surface area contributed by atoms with Crippen molar-refractivity contribution in [3.63, 3.8) is 0 Å². The van der Waals surface area contributed by atoms with Gasteiger partial charge in [-0.25, -0.2) is 17.9 Å². The first-order valence-corrected chi connectivity index (χ1v) is 10.2. The Balaban J connectivity index is 2.13. The Hall–Kier alpha value is -2.71. The number of carbonyl (C=O) groups is 2. The van der Waals surface area contributed by atoms with Crippen molar-refractivity contribution in [3.8, 4) is 0 Å². The number of hydrogen-bond acceptors (Lipinski definition) is 5. The van der Waals surface area contributed by atoms with Gasteiger partial charge in [-0.05, 0) is 64.1 Å². The molecule has 8 heteroatoms. The molecule has 0 aromatic heterocycles. The molecular formula is C20H24N2O5S. The Morgan fingerprint density at radius 2 is 1.64 bits per heavy atom. The van der Waals surface area contributed by atoms with Crippen molar-refractivity contribution in [1.29, 1.82) is 0 Å². The molecule has 0 spiro atoms. The fourth-order valence-electron chi connectivity index (χ4n) is 2.79. The van der Waals surface area contributed by atoms with Crippen LogP contribution < -0.4 is 10.0 Å². The number of esters is 1. The first-order valence-electron chi connectivity index (χ1n) is 8.68. The van der Waals surface area contributed by atoms with E-state index in [1.807, 2.05) is 32.9 Å².